The highest BCUT2D eigenvalue weighted by atomic mass is 19.1. The first kappa shape index (κ1) is 31.3. The molecule has 3 nitrogen and oxygen atoms in total. The molecule has 0 atom stereocenters. The average molecular weight is 686 g/mol. The number of anilines is 6. The molecule has 0 fully saturated rings. The number of para-hydroxylation sites is 4. The monoisotopic (exact) mass is 685 g/mol. The van der Waals surface area contributed by atoms with Gasteiger partial charge in [-0.2, -0.15) is 5.26 Å². The van der Waals surface area contributed by atoms with E-state index in [1.807, 2.05) is 0 Å². The zero-order chi connectivity index (χ0) is 36.2. The second-order valence-electron chi connectivity index (χ2n) is 15.4. The standard InChI is InChI=1S/C49H36FN3/c1-48(2)39-13-5-9-17-44(39)52(45-18-10-6-14-40(45)48)31-21-23-33-34-24-22-32(27-37(34)38-28-43(50)30(29-51)25-35(38)36(33)26-31)53-46-19-11-7-15-41(46)49(3,4)42-16-8-12-20-47(42)53/h5-28H,1-4H3. The van der Waals surface area contributed by atoms with E-state index in [0.717, 1.165) is 66.4 Å². The second kappa shape index (κ2) is 11.0. The molecule has 0 aliphatic carbocycles. The predicted octanol–water partition coefficient (Wildman–Crippen LogP) is 13.4. The fourth-order valence-electron chi connectivity index (χ4n) is 9.26. The molecule has 0 N–H and O–H groups in total. The van der Waals surface area contributed by atoms with Crippen molar-refractivity contribution in [2.24, 2.45) is 0 Å². The Morgan fingerprint density at radius 1 is 0.434 bits per heavy atom. The van der Waals surface area contributed by atoms with Crippen LogP contribution in [0.2, 0.25) is 0 Å². The Morgan fingerprint density at radius 2 is 0.774 bits per heavy atom. The molecule has 0 aromatic heterocycles. The Kier molecular flexibility index (Phi) is 6.52. The lowest BCUT2D eigenvalue weighted by Crippen LogP contribution is -2.30. The van der Waals surface area contributed by atoms with Gasteiger partial charge in [-0.25, -0.2) is 4.39 Å². The number of hydrogen-bond donors (Lipinski definition) is 0. The zero-order valence-corrected chi connectivity index (χ0v) is 30.1. The largest absolute Gasteiger partial charge is 0.310 e. The van der Waals surface area contributed by atoms with Crippen LogP contribution in [0, 0.1) is 17.1 Å². The number of hydrogen-bond acceptors (Lipinski definition) is 3. The molecule has 8 aromatic carbocycles. The van der Waals surface area contributed by atoms with Crippen molar-refractivity contribution in [3.8, 4) is 6.07 Å². The van der Waals surface area contributed by atoms with Gasteiger partial charge in [0.25, 0.3) is 0 Å². The fraction of sp³-hybridized carbons (Fsp3) is 0.122. The van der Waals surface area contributed by atoms with Crippen LogP contribution in [0.15, 0.2) is 146 Å². The van der Waals surface area contributed by atoms with E-state index < -0.39 is 5.82 Å². The van der Waals surface area contributed by atoms with Crippen LogP contribution in [0.1, 0.15) is 55.5 Å². The molecule has 0 saturated heterocycles. The van der Waals surface area contributed by atoms with E-state index in [2.05, 4.69) is 177 Å². The number of nitrogens with zero attached hydrogens (tertiary/aromatic N) is 3. The maximum atomic E-state index is 15.7. The van der Waals surface area contributed by atoms with Crippen LogP contribution in [0.4, 0.5) is 38.5 Å². The molecule has 0 saturated carbocycles. The summed E-state index contributed by atoms with van der Waals surface area (Å²) in [5.74, 6) is -0.515. The van der Waals surface area contributed by atoms with Crippen molar-refractivity contribution < 1.29 is 4.39 Å². The molecule has 0 amide bonds. The van der Waals surface area contributed by atoms with Gasteiger partial charge in [-0.3, -0.25) is 0 Å². The summed E-state index contributed by atoms with van der Waals surface area (Å²) in [6, 6.07) is 53.1. The van der Waals surface area contributed by atoms with Gasteiger partial charge in [-0.15, -0.1) is 0 Å². The molecule has 0 spiro atoms. The van der Waals surface area contributed by atoms with Crippen LogP contribution in [0.3, 0.4) is 0 Å². The van der Waals surface area contributed by atoms with Crippen molar-refractivity contribution in [1.82, 2.24) is 0 Å². The third-order valence-corrected chi connectivity index (χ3v) is 11.9. The Morgan fingerprint density at radius 3 is 1.15 bits per heavy atom. The molecule has 0 radical (unpaired) electrons. The summed E-state index contributed by atoms with van der Waals surface area (Å²) in [6.45, 7) is 9.15. The summed E-state index contributed by atoms with van der Waals surface area (Å²) in [6.07, 6.45) is 0. The lowest BCUT2D eigenvalue weighted by molar-refractivity contribution is 0.626. The summed E-state index contributed by atoms with van der Waals surface area (Å²) in [5, 5.41) is 15.7. The van der Waals surface area contributed by atoms with Gasteiger partial charge in [0.05, 0.1) is 28.3 Å². The maximum Gasteiger partial charge on any atom is 0.141 e. The third-order valence-electron chi connectivity index (χ3n) is 11.9. The van der Waals surface area contributed by atoms with E-state index in [0.29, 0.717) is 0 Å². The van der Waals surface area contributed by atoms with Gasteiger partial charge >= 0.3 is 0 Å². The Bertz CT molecular complexity index is 2800. The summed E-state index contributed by atoms with van der Waals surface area (Å²) in [7, 11) is 0. The van der Waals surface area contributed by atoms with Crippen molar-refractivity contribution in [2.75, 3.05) is 9.80 Å². The van der Waals surface area contributed by atoms with Crippen LogP contribution in [-0.2, 0) is 10.8 Å². The normalized spacial score (nSPS) is 15.1. The quantitative estimate of drug-likeness (QED) is 0.170. The molecule has 0 bridgehead atoms. The van der Waals surface area contributed by atoms with Gasteiger partial charge in [0.2, 0.25) is 0 Å². The van der Waals surface area contributed by atoms with Crippen LogP contribution >= 0.6 is 0 Å². The highest BCUT2D eigenvalue weighted by Gasteiger charge is 2.38. The second-order valence-corrected chi connectivity index (χ2v) is 15.4. The third kappa shape index (κ3) is 4.31. The minimum Gasteiger partial charge on any atom is -0.310 e. The van der Waals surface area contributed by atoms with Crippen molar-refractivity contribution >= 4 is 66.4 Å². The lowest BCUT2D eigenvalue weighted by Gasteiger charge is -2.42. The highest BCUT2D eigenvalue weighted by Crippen LogP contribution is 2.54. The molecule has 2 aliphatic rings. The first-order valence-electron chi connectivity index (χ1n) is 18.2. The topological polar surface area (TPSA) is 30.3 Å². The minimum atomic E-state index is -0.515. The minimum absolute atomic E-state index is 0.0382. The van der Waals surface area contributed by atoms with Crippen molar-refractivity contribution in [1.29, 1.82) is 5.26 Å². The molecule has 10 rings (SSSR count). The van der Waals surface area contributed by atoms with Gasteiger partial charge in [0.15, 0.2) is 0 Å². The van der Waals surface area contributed by atoms with E-state index in [1.54, 1.807) is 12.1 Å². The molecular formula is C49H36FN3. The van der Waals surface area contributed by atoms with Crippen LogP contribution in [0.25, 0.3) is 32.3 Å². The molecular weight excluding hydrogens is 650 g/mol. The smallest absolute Gasteiger partial charge is 0.141 e. The highest BCUT2D eigenvalue weighted by molar-refractivity contribution is 6.26. The van der Waals surface area contributed by atoms with E-state index in [4.69, 9.17) is 0 Å². The van der Waals surface area contributed by atoms with E-state index >= 15 is 4.39 Å². The molecule has 8 aromatic rings. The van der Waals surface area contributed by atoms with Gasteiger partial charge in [-0.05, 0) is 115 Å². The number of halogens is 1. The van der Waals surface area contributed by atoms with Gasteiger partial charge in [-0.1, -0.05) is 113 Å². The average Bonchev–Trinajstić information content (AvgIpc) is 3.18. The SMILES string of the molecule is CC1(C)c2ccccc2N(c2ccc3c4ccc(N5c6ccccc6C(C)(C)c6ccccc65)cc4c4cc(C#N)c(F)cc4c3c2)c2ccccc21. The van der Waals surface area contributed by atoms with Gasteiger partial charge in [0.1, 0.15) is 11.9 Å². The molecule has 254 valence electrons. The summed E-state index contributed by atoms with van der Waals surface area (Å²) in [5.41, 5.74) is 11.3. The first-order valence-corrected chi connectivity index (χ1v) is 18.2. The molecule has 53 heavy (non-hydrogen) atoms. The van der Waals surface area contributed by atoms with E-state index in [9.17, 15) is 5.26 Å². The Balaban J connectivity index is 1.24. The predicted molar refractivity (Wildman–Crippen MR) is 217 cm³/mol. The summed E-state index contributed by atoms with van der Waals surface area (Å²) < 4.78 is 15.7. The van der Waals surface area contributed by atoms with Crippen LogP contribution in [0.5, 0.6) is 0 Å². The van der Waals surface area contributed by atoms with Crippen molar-refractivity contribution in [3.63, 3.8) is 0 Å². The number of nitriles is 1. The van der Waals surface area contributed by atoms with Crippen LogP contribution < -0.4 is 9.80 Å². The van der Waals surface area contributed by atoms with E-state index in [1.165, 1.54) is 22.3 Å². The summed E-state index contributed by atoms with van der Waals surface area (Å²) >= 11 is 0. The Hall–Kier alpha value is -6.44. The Labute approximate surface area is 308 Å². The van der Waals surface area contributed by atoms with Crippen molar-refractivity contribution in [3.05, 3.63) is 179 Å². The molecule has 0 unspecified atom stereocenters. The number of benzene rings is 8. The van der Waals surface area contributed by atoms with Gasteiger partial charge < -0.3 is 9.80 Å². The van der Waals surface area contributed by atoms with Gasteiger partial charge in [0, 0.05) is 22.2 Å². The van der Waals surface area contributed by atoms with E-state index in [-0.39, 0.29) is 16.4 Å². The zero-order valence-electron chi connectivity index (χ0n) is 30.1. The summed E-state index contributed by atoms with van der Waals surface area (Å²) in [4.78, 5) is 4.68. The lowest BCUT2D eigenvalue weighted by atomic mass is 9.73. The van der Waals surface area contributed by atoms with Crippen molar-refractivity contribution in [2.45, 2.75) is 38.5 Å². The fourth-order valence-corrected chi connectivity index (χ4v) is 9.26. The number of rotatable bonds is 2. The van der Waals surface area contributed by atoms with Crippen LogP contribution in [-0.4, -0.2) is 0 Å². The first-order chi connectivity index (χ1) is 25.7. The molecule has 2 heterocycles. The molecule has 4 heteroatoms. The molecule has 2 aliphatic heterocycles. The number of fused-ring (bicyclic) bond motifs is 10. The maximum absolute atomic E-state index is 15.7.